The van der Waals surface area contributed by atoms with Crippen molar-refractivity contribution in [2.45, 2.75) is 45.6 Å². The molecule has 1 N–H and O–H groups in total. The summed E-state index contributed by atoms with van der Waals surface area (Å²) in [6.07, 6.45) is 8.56. The molecule has 0 heterocycles. The molecule has 72 valence electrons. The maximum atomic E-state index is 10.3. The molecular formula is C12H18O. The van der Waals surface area contributed by atoms with E-state index in [-0.39, 0.29) is 10.8 Å². The van der Waals surface area contributed by atoms with E-state index in [0.29, 0.717) is 5.92 Å². The van der Waals surface area contributed by atoms with E-state index in [0.717, 1.165) is 12.8 Å². The van der Waals surface area contributed by atoms with Crippen molar-refractivity contribution in [2.24, 2.45) is 16.7 Å². The lowest BCUT2D eigenvalue weighted by Crippen LogP contribution is -2.45. The van der Waals surface area contributed by atoms with Gasteiger partial charge < -0.3 is 5.11 Å². The van der Waals surface area contributed by atoms with E-state index in [1.54, 1.807) is 0 Å². The Bertz CT molecular complexity index is 286. The average molecular weight is 178 g/mol. The van der Waals surface area contributed by atoms with Crippen LogP contribution in [0.15, 0.2) is 0 Å². The van der Waals surface area contributed by atoms with Crippen LogP contribution in [0, 0.1) is 29.1 Å². The molecule has 1 heteroatoms. The number of aliphatic hydroxyl groups is 1. The van der Waals surface area contributed by atoms with E-state index >= 15 is 0 Å². The molecule has 2 aliphatic carbocycles. The van der Waals surface area contributed by atoms with Crippen LogP contribution in [0.25, 0.3) is 0 Å². The molecule has 1 nitrogen and oxygen atoms in total. The minimum Gasteiger partial charge on any atom is -0.377 e. The monoisotopic (exact) mass is 178 g/mol. The summed E-state index contributed by atoms with van der Waals surface area (Å²) in [6, 6.07) is 0. The van der Waals surface area contributed by atoms with Gasteiger partial charge in [0.1, 0.15) is 5.60 Å². The van der Waals surface area contributed by atoms with Gasteiger partial charge in [0.15, 0.2) is 0 Å². The fourth-order valence-electron chi connectivity index (χ4n) is 3.49. The van der Waals surface area contributed by atoms with Crippen LogP contribution < -0.4 is 0 Å². The molecule has 1 unspecified atom stereocenters. The summed E-state index contributed by atoms with van der Waals surface area (Å²) >= 11 is 0. The van der Waals surface area contributed by atoms with Crippen LogP contribution in [-0.4, -0.2) is 10.7 Å². The Balaban J connectivity index is 2.51. The van der Waals surface area contributed by atoms with Crippen molar-refractivity contribution in [1.82, 2.24) is 0 Å². The smallest absolute Gasteiger partial charge is 0.131 e. The van der Waals surface area contributed by atoms with Crippen molar-refractivity contribution < 1.29 is 5.11 Å². The zero-order valence-electron chi connectivity index (χ0n) is 8.72. The third kappa shape index (κ3) is 0.742. The molecule has 2 fully saturated rings. The van der Waals surface area contributed by atoms with Gasteiger partial charge in [-0.05, 0) is 30.6 Å². The minimum absolute atomic E-state index is 0.0700. The molecule has 0 radical (unpaired) electrons. The average Bonchev–Trinajstić information content (AvgIpc) is 2.36. The fourth-order valence-corrected chi connectivity index (χ4v) is 3.49. The third-order valence-electron chi connectivity index (χ3n) is 5.13. The third-order valence-corrected chi connectivity index (χ3v) is 5.13. The standard InChI is InChI=1S/C12H18O/c1-5-12(13)8-9-6-7-11(12,4)10(9,2)3/h1,9,13H,6-8H2,2-4H3/t9-,11-,12?/m1/s1. The lowest BCUT2D eigenvalue weighted by molar-refractivity contribution is -0.0431. The van der Waals surface area contributed by atoms with Crippen LogP contribution in [0.5, 0.6) is 0 Å². The second-order valence-electron chi connectivity index (χ2n) is 5.50. The van der Waals surface area contributed by atoms with E-state index in [1.807, 2.05) is 0 Å². The zero-order valence-corrected chi connectivity index (χ0v) is 8.72. The van der Waals surface area contributed by atoms with E-state index in [2.05, 4.69) is 26.7 Å². The molecule has 2 aliphatic rings. The van der Waals surface area contributed by atoms with Gasteiger partial charge in [0, 0.05) is 5.41 Å². The Hall–Kier alpha value is -0.480. The lowest BCUT2D eigenvalue weighted by atomic mass is 9.65. The number of hydrogen-bond donors (Lipinski definition) is 1. The summed E-state index contributed by atoms with van der Waals surface area (Å²) in [5, 5.41) is 10.3. The lowest BCUT2D eigenvalue weighted by Gasteiger charge is -2.42. The highest BCUT2D eigenvalue weighted by molar-refractivity contribution is 5.27. The number of rotatable bonds is 0. The van der Waals surface area contributed by atoms with Gasteiger partial charge >= 0.3 is 0 Å². The molecule has 0 aromatic rings. The van der Waals surface area contributed by atoms with Gasteiger partial charge in [0.2, 0.25) is 0 Å². The Morgan fingerprint density at radius 3 is 2.23 bits per heavy atom. The van der Waals surface area contributed by atoms with Gasteiger partial charge in [-0.15, -0.1) is 6.42 Å². The Morgan fingerprint density at radius 2 is 2.00 bits per heavy atom. The van der Waals surface area contributed by atoms with Crippen LogP contribution >= 0.6 is 0 Å². The summed E-state index contributed by atoms with van der Waals surface area (Å²) < 4.78 is 0. The molecule has 13 heavy (non-hydrogen) atoms. The van der Waals surface area contributed by atoms with Crippen molar-refractivity contribution in [3.8, 4) is 12.3 Å². The summed E-state index contributed by atoms with van der Waals surface area (Å²) in [5.74, 6) is 3.23. The Morgan fingerprint density at radius 1 is 1.38 bits per heavy atom. The van der Waals surface area contributed by atoms with Crippen molar-refractivity contribution in [3.63, 3.8) is 0 Å². The fraction of sp³-hybridized carbons (Fsp3) is 0.833. The first-order chi connectivity index (χ1) is 5.87. The molecule has 0 amide bonds. The first-order valence-corrected chi connectivity index (χ1v) is 5.07. The van der Waals surface area contributed by atoms with E-state index < -0.39 is 5.60 Å². The highest BCUT2D eigenvalue weighted by Gasteiger charge is 2.67. The second-order valence-corrected chi connectivity index (χ2v) is 5.50. The predicted molar refractivity (Wildman–Crippen MR) is 53.0 cm³/mol. The quantitative estimate of drug-likeness (QED) is 0.564. The van der Waals surface area contributed by atoms with Crippen molar-refractivity contribution in [1.29, 1.82) is 0 Å². The molecule has 3 atom stereocenters. The molecule has 0 aromatic carbocycles. The van der Waals surface area contributed by atoms with E-state index in [1.165, 1.54) is 6.42 Å². The highest BCUT2D eigenvalue weighted by atomic mass is 16.3. The van der Waals surface area contributed by atoms with Crippen molar-refractivity contribution in [3.05, 3.63) is 0 Å². The zero-order chi connectivity index (χ0) is 9.91. The summed E-state index contributed by atoms with van der Waals surface area (Å²) in [7, 11) is 0. The predicted octanol–water partition coefficient (Wildman–Crippen LogP) is 2.20. The molecule has 2 saturated carbocycles. The summed E-state index contributed by atoms with van der Waals surface area (Å²) in [5.41, 5.74) is -0.715. The van der Waals surface area contributed by atoms with Crippen LogP contribution in [0.2, 0.25) is 0 Å². The first kappa shape index (κ1) is 9.09. The molecule has 2 bridgehead atoms. The minimum atomic E-state index is -0.848. The van der Waals surface area contributed by atoms with Crippen molar-refractivity contribution in [2.75, 3.05) is 0 Å². The second kappa shape index (κ2) is 2.12. The van der Waals surface area contributed by atoms with Crippen LogP contribution in [0.4, 0.5) is 0 Å². The van der Waals surface area contributed by atoms with E-state index in [4.69, 9.17) is 6.42 Å². The molecular weight excluding hydrogens is 160 g/mol. The van der Waals surface area contributed by atoms with Gasteiger partial charge in [-0.1, -0.05) is 26.7 Å². The Kier molecular flexibility index (Phi) is 1.48. The van der Waals surface area contributed by atoms with Gasteiger partial charge in [-0.25, -0.2) is 0 Å². The largest absolute Gasteiger partial charge is 0.377 e. The topological polar surface area (TPSA) is 20.2 Å². The molecule has 0 spiro atoms. The van der Waals surface area contributed by atoms with Crippen LogP contribution in [-0.2, 0) is 0 Å². The van der Waals surface area contributed by atoms with Gasteiger partial charge in [0.25, 0.3) is 0 Å². The number of fused-ring (bicyclic) bond motifs is 2. The summed E-state index contributed by atoms with van der Waals surface area (Å²) in [4.78, 5) is 0. The normalized spacial score (nSPS) is 52.1. The van der Waals surface area contributed by atoms with E-state index in [9.17, 15) is 5.11 Å². The maximum absolute atomic E-state index is 10.3. The van der Waals surface area contributed by atoms with Gasteiger partial charge in [0.05, 0.1) is 0 Å². The van der Waals surface area contributed by atoms with Gasteiger partial charge in [-0.2, -0.15) is 0 Å². The Labute approximate surface area is 80.5 Å². The molecule has 0 aliphatic heterocycles. The first-order valence-electron chi connectivity index (χ1n) is 5.07. The SMILES string of the molecule is C#CC1(O)C[C@H]2CC[C@]1(C)C2(C)C. The van der Waals surface area contributed by atoms with Crippen LogP contribution in [0.3, 0.4) is 0 Å². The number of terminal acetylenes is 1. The summed E-state index contributed by atoms with van der Waals surface area (Å²) in [6.45, 7) is 6.65. The molecule has 2 rings (SSSR count). The van der Waals surface area contributed by atoms with Crippen molar-refractivity contribution >= 4 is 0 Å². The highest BCUT2D eigenvalue weighted by Crippen LogP contribution is 2.69. The number of hydrogen-bond acceptors (Lipinski definition) is 1. The molecule has 0 saturated heterocycles. The van der Waals surface area contributed by atoms with Crippen LogP contribution in [0.1, 0.15) is 40.0 Å². The molecule has 0 aromatic heterocycles. The maximum Gasteiger partial charge on any atom is 0.131 e. The van der Waals surface area contributed by atoms with Gasteiger partial charge in [-0.3, -0.25) is 0 Å².